The van der Waals surface area contributed by atoms with Crippen molar-refractivity contribution in [3.8, 4) is 11.5 Å². The van der Waals surface area contributed by atoms with E-state index in [0.717, 1.165) is 32.7 Å². The number of aromatic nitrogens is 1. The number of methoxy groups -OCH3 is 2. The normalized spacial score (nSPS) is 15.0. The Morgan fingerprint density at radius 3 is 2.48 bits per heavy atom. The molecule has 1 N–H and O–H groups in total. The average Bonchev–Trinajstić information content (AvgIpc) is 3.29. The average molecular weight is 458 g/mol. The fourth-order valence-electron chi connectivity index (χ4n) is 4.21. The van der Waals surface area contributed by atoms with Gasteiger partial charge < -0.3 is 19.5 Å². The fourth-order valence-corrected chi connectivity index (χ4v) is 5.17. The van der Waals surface area contributed by atoms with Gasteiger partial charge in [0.05, 0.1) is 26.0 Å². The number of nitrogens with zero attached hydrogens (tertiary/aromatic N) is 2. The van der Waals surface area contributed by atoms with Crippen LogP contribution in [-0.2, 0) is 0 Å². The van der Waals surface area contributed by atoms with Crippen molar-refractivity contribution in [3.63, 3.8) is 0 Å². The Bertz CT molecular complexity index is 1340. The highest BCUT2D eigenvalue weighted by Crippen LogP contribution is 2.38. The lowest BCUT2D eigenvalue weighted by Crippen LogP contribution is -2.39. The molecular weight excluding hydrogens is 432 g/mol. The first kappa shape index (κ1) is 21.2. The van der Waals surface area contributed by atoms with Gasteiger partial charge in [-0.3, -0.25) is 0 Å². The Kier molecular flexibility index (Phi) is 5.86. The molecule has 1 aromatic heterocycles. The SMILES string of the molecule is COc1cc2sc[n+](C(C=C3C=CN(c4ccccc4)c4ccccc43)CO)c2cc1OC. The van der Waals surface area contributed by atoms with Crippen molar-refractivity contribution in [2.45, 2.75) is 6.04 Å². The Morgan fingerprint density at radius 2 is 1.73 bits per heavy atom. The quantitative estimate of drug-likeness (QED) is 0.389. The maximum absolute atomic E-state index is 10.3. The summed E-state index contributed by atoms with van der Waals surface area (Å²) in [4.78, 5) is 2.19. The summed E-state index contributed by atoms with van der Waals surface area (Å²) in [6, 6.07) is 22.4. The van der Waals surface area contributed by atoms with Crippen molar-refractivity contribution in [1.29, 1.82) is 0 Å². The van der Waals surface area contributed by atoms with Crippen LogP contribution in [0.3, 0.4) is 0 Å². The predicted octanol–water partition coefficient (Wildman–Crippen LogP) is 5.49. The van der Waals surface area contributed by atoms with Crippen LogP contribution < -0.4 is 18.9 Å². The van der Waals surface area contributed by atoms with E-state index in [1.165, 1.54) is 0 Å². The van der Waals surface area contributed by atoms with Crippen LogP contribution in [0, 0.1) is 0 Å². The number of ether oxygens (including phenoxy) is 2. The molecule has 1 aliphatic rings. The van der Waals surface area contributed by atoms with Crippen molar-refractivity contribution in [2.24, 2.45) is 0 Å². The molecule has 166 valence electrons. The molecule has 33 heavy (non-hydrogen) atoms. The fraction of sp³-hybridized carbons (Fsp3) is 0.148. The molecule has 0 bridgehead atoms. The summed E-state index contributed by atoms with van der Waals surface area (Å²) in [6.45, 7) is -0.0211. The maximum atomic E-state index is 10.3. The molecule has 1 atom stereocenters. The second-order valence-corrected chi connectivity index (χ2v) is 8.60. The van der Waals surface area contributed by atoms with Crippen LogP contribution in [0.5, 0.6) is 11.5 Å². The number of benzene rings is 3. The standard InChI is InChI=1S/C27H25N2O3S/c1-31-25-15-24-27(16-26(25)32-2)33-18-29(24)21(17-30)14-19-12-13-28(20-8-4-3-5-9-20)23-11-7-6-10-22(19)23/h3-16,18,21,30H,17H2,1-2H3/q+1. The molecule has 1 aliphatic heterocycles. The molecule has 0 saturated carbocycles. The number of hydrogen-bond donors (Lipinski definition) is 1. The third-order valence-corrected chi connectivity index (χ3v) is 6.78. The third-order valence-electron chi connectivity index (χ3n) is 5.86. The molecule has 0 spiro atoms. The number of aliphatic hydroxyl groups excluding tert-OH is 1. The maximum Gasteiger partial charge on any atom is 0.228 e. The number of hydrogen-bond acceptors (Lipinski definition) is 5. The van der Waals surface area contributed by atoms with Crippen molar-refractivity contribution in [1.82, 2.24) is 0 Å². The second kappa shape index (κ2) is 9.10. The van der Waals surface area contributed by atoms with Crippen LogP contribution in [0.1, 0.15) is 11.6 Å². The molecule has 5 rings (SSSR count). The summed E-state index contributed by atoms with van der Waals surface area (Å²) in [5.41, 5.74) is 7.45. The second-order valence-electron chi connectivity index (χ2n) is 7.72. The molecule has 0 radical (unpaired) electrons. The zero-order valence-electron chi connectivity index (χ0n) is 18.5. The van der Waals surface area contributed by atoms with E-state index < -0.39 is 0 Å². The molecule has 3 aromatic carbocycles. The van der Waals surface area contributed by atoms with E-state index in [1.807, 2.05) is 41.9 Å². The number of thiazole rings is 1. The number of anilines is 2. The van der Waals surface area contributed by atoms with Crippen LogP contribution in [0.2, 0.25) is 0 Å². The molecule has 1 unspecified atom stereocenters. The van der Waals surface area contributed by atoms with Gasteiger partial charge in [-0.1, -0.05) is 47.7 Å². The van der Waals surface area contributed by atoms with Crippen LogP contribution in [0.25, 0.3) is 15.8 Å². The summed E-state index contributed by atoms with van der Waals surface area (Å²) >= 11 is 1.61. The minimum Gasteiger partial charge on any atom is -0.493 e. The zero-order valence-corrected chi connectivity index (χ0v) is 19.3. The van der Waals surface area contributed by atoms with E-state index in [-0.39, 0.29) is 12.6 Å². The van der Waals surface area contributed by atoms with Crippen molar-refractivity contribution < 1.29 is 19.1 Å². The first-order chi connectivity index (χ1) is 16.2. The summed E-state index contributed by atoms with van der Waals surface area (Å²) in [6.07, 6.45) is 6.32. The molecule has 6 heteroatoms. The molecule has 0 fully saturated rings. The monoisotopic (exact) mass is 457 g/mol. The minimum atomic E-state index is -0.229. The van der Waals surface area contributed by atoms with Gasteiger partial charge in [-0.15, -0.1) is 0 Å². The number of fused-ring (bicyclic) bond motifs is 2. The Labute approximate surface area is 197 Å². The van der Waals surface area contributed by atoms with Crippen LogP contribution in [0.15, 0.2) is 90.6 Å². The van der Waals surface area contributed by atoms with Crippen LogP contribution in [0.4, 0.5) is 11.4 Å². The van der Waals surface area contributed by atoms with Gasteiger partial charge in [-0.25, -0.2) is 0 Å². The van der Waals surface area contributed by atoms with Crippen LogP contribution in [-0.4, -0.2) is 25.9 Å². The highest BCUT2D eigenvalue weighted by atomic mass is 32.1. The van der Waals surface area contributed by atoms with Gasteiger partial charge >= 0.3 is 0 Å². The van der Waals surface area contributed by atoms with E-state index >= 15 is 0 Å². The lowest BCUT2D eigenvalue weighted by Gasteiger charge is -2.28. The van der Waals surface area contributed by atoms with Crippen molar-refractivity contribution in [2.75, 3.05) is 25.7 Å². The number of para-hydroxylation sites is 2. The molecule has 0 saturated heterocycles. The van der Waals surface area contributed by atoms with Gasteiger partial charge in [0.15, 0.2) is 11.5 Å². The van der Waals surface area contributed by atoms with E-state index in [4.69, 9.17) is 9.47 Å². The molecule has 0 aliphatic carbocycles. The van der Waals surface area contributed by atoms with Gasteiger partial charge in [0.2, 0.25) is 17.1 Å². The molecule has 2 heterocycles. The summed E-state index contributed by atoms with van der Waals surface area (Å²) in [5.74, 6) is 1.37. The van der Waals surface area contributed by atoms with E-state index in [9.17, 15) is 5.11 Å². The first-order valence-corrected chi connectivity index (χ1v) is 11.6. The van der Waals surface area contributed by atoms with Crippen molar-refractivity contribution in [3.05, 3.63) is 96.2 Å². The lowest BCUT2D eigenvalue weighted by atomic mass is 9.97. The van der Waals surface area contributed by atoms with E-state index in [2.05, 4.69) is 58.2 Å². The summed E-state index contributed by atoms with van der Waals surface area (Å²) < 4.78 is 14.1. The van der Waals surface area contributed by atoms with E-state index in [0.29, 0.717) is 11.5 Å². The highest BCUT2D eigenvalue weighted by Gasteiger charge is 2.25. The smallest absolute Gasteiger partial charge is 0.228 e. The topological polar surface area (TPSA) is 45.8 Å². The summed E-state index contributed by atoms with van der Waals surface area (Å²) in [7, 11) is 3.27. The van der Waals surface area contributed by atoms with Gasteiger partial charge in [0.25, 0.3) is 0 Å². The molecular formula is C27H25N2O3S+. The van der Waals surface area contributed by atoms with Gasteiger partial charge in [-0.2, -0.15) is 4.57 Å². The largest absolute Gasteiger partial charge is 0.493 e. The van der Waals surface area contributed by atoms with Gasteiger partial charge in [0, 0.05) is 23.5 Å². The van der Waals surface area contributed by atoms with Crippen LogP contribution >= 0.6 is 11.3 Å². The first-order valence-electron chi connectivity index (χ1n) is 10.7. The molecule has 4 aromatic rings. The van der Waals surface area contributed by atoms with E-state index in [1.54, 1.807) is 25.6 Å². The minimum absolute atomic E-state index is 0.0211. The van der Waals surface area contributed by atoms with Crippen molar-refractivity contribution >= 4 is 38.5 Å². The lowest BCUT2D eigenvalue weighted by molar-refractivity contribution is -0.684. The Morgan fingerprint density at radius 1 is 1.00 bits per heavy atom. The Hall–Kier alpha value is -3.61. The Balaban J connectivity index is 1.57. The number of rotatable bonds is 6. The highest BCUT2D eigenvalue weighted by molar-refractivity contribution is 7.16. The number of aliphatic hydroxyl groups is 1. The summed E-state index contributed by atoms with van der Waals surface area (Å²) in [5, 5.41) is 10.3. The molecule has 5 nitrogen and oxygen atoms in total. The third kappa shape index (κ3) is 3.88. The zero-order chi connectivity index (χ0) is 22.8. The predicted molar refractivity (Wildman–Crippen MR) is 133 cm³/mol. The van der Waals surface area contributed by atoms with Gasteiger partial charge in [-0.05, 0) is 35.9 Å². The van der Waals surface area contributed by atoms with Gasteiger partial charge in [0.1, 0.15) is 11.3 Å². The molecule has 0 amide bonds. The number of allylic oxidation sites excluding steroid dienone is 2.